The number of hydrogen-bond donors (Lipinski definition) is 3. The molecule has 2 unspecified atom stereocenters. The van der Waals surface area contributed by atoms with Gasteiger partial charge in [-0.1, -0.05) is 78.9 Å². The van der Waals surface area contributed by atoms with Crippen LogP contribution in [0.25, 0.3) is 22.6 Å². The van der Waals surface area contributed by atoms with Crippen molar-refractivity contribution in [3.05, 3.63) is 156 Å². The lowest BCUT2D eigenvalue weighted by molar-refractivity contribution is -0.164. The van der Waals surface area contributed by atoms with Crippen molar-refractivity contribution in [3.8, 4) is 39.9 Å². The largest absolute Gasteiger partial charge is 0.497 e. The van der Waals surface area contributed by atoms with Gasteiger partial charge >= 0.3 is 6.09 Å². The molecule has 1 fully saturated rings. The van der Waals surface area contributed by atoms with Gasteiger partial charge in [-0.15, -0.1) is 10.2 Å². The van der Waals surface area contributed by atoms with E-state index in [1.165, 1.54) is 31.1 Å². The third-order valence-electron chi connectivity index (χ3n) is 11.9. The molecule has 0 aliphatic carbocycles. The molecule has 74 heavy (non-hydrogen) atoms. The summed E-state index contributed by atoms with van der Waals surface area (Å²) in [5.74, 6) is 1.58. The van der Waals surface area contributed by atoms with Gasteiger partial charge in [-0.25, -0.2) is 31.3 Å². The first-order valence-electron chi connectivity index (χ1n) is 23.6. The van der Waals surface area contributed by atoms with Crippen molar-refractivity contribution in [2.75, 3.05) is 46.8 Å². The lowest BCUT2D eigenvalue weighted by atomic mass is 10.0. The summed E-state index contributed by atoms with van der Waals surface area (Å²) in [5, 5.41) is 16.1. The van der Waals surface area contributed by atoms with E-state index in [-0.39, 0.29) is 67.9 Å². The average Bonchev–Trinajstić information content (AvgIpc) is 3.89. The Bertz CT molecular complexity index is 3150. The molecule has 7 aromatic rings. The fourth-order valence-electron chi connectivity index (χ4n) is 8.06. The van der Waals surface area contributed by atoms with Crippen molar-refractivity contribution < 1.29 is 50.1 Å². The first-order valence-corrected chi connectivity index (χ1v) is 26.5. The molecule has 0 spiro atoms. The predicted molar refractivity (Wildman–Crippen MR) is 274 cm³/mol. The number of rotatable bonds is 23. The van der Waals surface area contributed by atoms with E-state index in [4.69, 9.17) is 39.3 Å². The molecule has 2 atom stereocenters. The van der Waals surface area contributed by atoms with E-state index in [1.54, 1.807) is 98.1 Å². The van der Waals surface area contributed by atoms with Crippen LogP contribution in [0.15, 0.2) is 143 Å². The quantitative estimate of drug-likeness (QED) is 0.0613. The second-order valence-corrected chi connectivity index (χ2v) is 20.7. The number of nitrogens with two attached hydrogens (primary N) is 1. The number of pyridine rings is 1. The van der Waals surface area contributed by atoms with E-state index in [1.807, 2.05) is 30.3 Å². The van der Waals surface area contributed by atoms with Gasteiger partial charge in [-0.3, -0.25) is 0 Å². The topological polar surface area (TPSA) is 251 Å². The highest BCUT2D eigenvalue weighted by Crippen LogP contribution is 2.41. The highest BCUT2D eigenvalue weighted by Gasteiger charge is 2.39. The average molecular weight is 1050 g/mol. The van der Waals surface area contributed by atoms with Crippen LogP contribution in [0.2, 0.25) is 0 Å². The lowest BCUT2D eigenvalue weighted by Crippen LogP contribution is -2.47. The summed E-state index contributed by atoms with van der Waals surface area (Å²) in [5.41, 5.74) is 8.93. The van der Waals surface area contributed by atoms with Crippen LogP contribution in [0.5, 0.6) is 17.2 Å². The molecule has 22 heteroatoms. The zero-order valence-electron chi connectivity index (χ0n) is 41.0. The van der Waals surface area contributed by atoms with Gasteiger partial charge in [0.05, 0.1) is 51.8 Å². The molecule has 5 aromatic carbocycles. The zero-order valence-corrected chi connectivity index (χ0v) is 42.6. The molecule has 8 rings (SSSR count). The van der Waals surface area contributed by atoms with Crippen molar-refractivity contribution in [1.29, 1.82) is 0 Å². The lowest BCUT2D eigenvalue weighted by Gasteiger charge is -2.28. The standard InChI is InChI=1S/C52H57N9O11S2/c1-67-41-21-15-36(16-22-41)31-60(32-37-17-23-42(68-2)24-18-37)74(65,66)50-46(73(63,64)58-40(35-71-48-14-7-8-29-70-48)30-54-52(62)72-34-39-10-5-4-6-11-39)28-27-44(45-12-9-13-47(53)55-45)49(50)51-56-59-61(57-51)33-38-19-25-43(69-3)26-20-38/h4-6,9-13,15-28,40,48,58H,7-8,14,29-35H2,1-3H3,(H2,53,55)(H,54,62). The Balaban J connectivity index is 1.28. The minimum atomic E-state index is -5.02. The predicted octanol–water partition coefficient (Wildman–Crippen LogP) is 6.57. The molecule has 0 saturated carbocycles. The highest BCUT2D eigenvalue weighted by atomic mass is 32.2. The Labute approximate surface area is 429 Å². The van der Waals surface area contributed by atoms with Gasteiger partial charge in [0.1, 0.15) is 39.5 Å². The van der Waals surface area contributed by atoms with Gasteiger partial charge in [-0.05, 0) is 101 Å². The van der Waals surface area contributed by atoms with Gasteiger partial charge in [0.15, 0.2) is 6.29 Å². The number of anilines is 1. The molecule has 2 aromatic heterocycles. The van der Waals surface area contributed by atoms with Crippen molar-refractivity contribution in [3.63, 3.8) is 0 Å². The summed E-state index contributed by atoms with van der Waals surface area (Å²) in [6.07, 6.45) is 0.744. The maximum atomic E-state index is 16.2. The van der Waals surface area contributed by atoms with Gasteiger partial charge in [0, 0.05) is 31.8 Å². The van der Waals surface area contributed by atoms with E-state index < -0.39 is 48.3 Å². The molecule has 1 aliphatic heterocycles. The number of hydrogen-bond acceptors (Lipinski definition) is 16. The van der Waals surface area contributed by atoms with Crippen molar-refractivity contribution >= 4 is 32.0 Å². The minimum absolute atomic E-state index is 0.0456. The second kappa shape index (κ2) is 24.5. The fourth-order valence-corrected chi connectivity index (χ4v) is 11.7. The van der Waals surface area contributed by atoms with Crippen LogP contribution in [-0.2, 0) is 60.5 Å². The van der Waals surface area contributed by atoms with Gasteiger partial charge in [0.2, 0.25) is 25.9 Å². The molecule has 1 aliphatic rings. The number of aromatic nitrogens is 5. The number of benzene rings is 5. The Hall–Kier alpha value is -7.47. The number of nitrogens with one attached hydrogen (secondary N) is 2. The van der Waals surface area contributed by atoms with E-state index in [2.05, 4.69) is 25.3 Å². The third kappa shape index (κ3) is 13.6. The van der Waals surface area contributed by atoms with Crippen LogP contribution >= 0.6 is 0 Å². The van der Waals surface area contributed by atoms with Crippen LogP contribution in [0.1, 0.15) is 41.5 Å². The van der Waals surface area contributed by atoms with Crippen LogP contribution in [-0.4, -0.2) is 106 Å². The maximum Gasteiger partial charge on any atom is 0.407 e. The summed E-state index contributed by atoms with van der Waals surface area (Å²) >= 11 is 0. The van der Waals surface area contributed by atoms with E-state index >= 15 is 16.8 Å². The Morgan fingerprint density at radius 2 is 1.41 bits per heavy atom. The number of tetrazole rings is 1. The number of carbonyl (C=O) groups excluding carboxylic acids is 1. The fraction of sp³-hybridized carbons (Fsp3) is 0.288. The maximum absolute atomic E-state index is 16.2. The number of methoxy groups -OCH3 is 3. The summed E-state index contributed by atoms with van der Waals surface area (Å²) in [7, 11) is -5.39. The number of amides is 1. The highest BCUT2D eigenvalue weighted by molar-refractivity contribution is 7.92. The van der Waals surface area contributed by atoms with Gasteiger partial charge in [-0.2, -0.15) is 9.10 Å². The first-order chi connectivity index (χ1) is 35.8. The zero-order chi connectivity index (χ0) is 52.1. The summed E-state index contributed by atoms with van der Waals surface area (Å²) in [4.78, 5) is 17.6. The molecule has 1 amide bonds. The van der Waals surface area contributed by atoms with Gasteiger partial charge in [0.25, 0.3) is 0 Å². The Kier molecular flexibility index (Phi) is 17.5. The minimum Gasteiger partial charge on any atom is -0.497 e. The second-order valence-electron chi connectivity index (χ2n) is 17.1. The number of sulfonamides is 2. The monoisotopic (exact) mass is 1050 g/mol. The first kappa shape index (κ1) is 52.8. The SMILES string of the molecule is COc1ccc(CN(Cc2ccc(OC)cc2)S(=O)(=O)c2c(S(=O)(=O)NC(CNC(=O)OCc3ccccc3)COC3CCCCO3)ccc(-c3cccc(N)n3)c2-c2nnn(Cc3ccc(OC)cc3)n2)cc1. The smallest absolute Gasteiger partial charge is 0.407 e. The Morgan fingerprint density at radius 3 is 2.00 bits per heavy atom. The van der Waals surface area contributed by atoms with Crippen LogP contribution in [0.4, 0.5) is 10.6 Å². The number of carbonyl (C=O) groups is 1. The molecule has 388 valence electrons. The van der Waals surface area contributed by atoms with Gasteiger partial charge < -0.3 is 39.5 Å². The molecule has 0 bridgehead atoms. The third-order valence-corrected chi connectivity index (χ3v) is 15.5. The molecule has 3 heterocycles. The van der Waals surface area contributed by atoms with E-state index in [0.717, 1.165) is 28.3 Å². The van der Waals surface area contributed by atoms with Crippen molar-refractivity contribution in [2.45, 2.75) is 67.6 Å². The molecule has 0 radical (unpaired) electrons. The van der Waals surface area contributed by atoms with Crippen molar-refractivity contribution in [1.82, 2.24) is 39.5 Å². The summed E-state index contributed by atoms with van der Waals surface area (Å²) in [6.45, 7) is -0.597. The molecule has 20 nitrogen and oxygen atoms in total. The molecular formula is C52H57N9O11S2. The number of ether oxygens (including phenoxy) is 6. The Morgan fingerprint density at radius 1 is 0.770 bits per heavy atom. The van der Waals surface area contributed by atoms with Crippen LogP contribution < -0.4 is 30.0 Å². The molecule has 4 N–H and O–H groups in total. The van der Waals surface area contributed by atoms with Crippen LogP contribution in [0, 0.1) is 0 Å². The number of alkyl carbamates (subject to hydrolysis) is 1. The summed E-state index contributed by atoms with van der Waals surface area (Å²) in [6, 6.07) is 36.1. The number of nitrogens with zero attached hydrogens (tertiary/aromatic N) is 6. The van der Waals surface area contributed by atoms with Crippen LogP contribution in [0.3, 0.4) is 0 Å². The normalized spacial score (nSPS) is 14.3. The molecule has 1 saturated heterocycles. The number of nitrogen functional groups attached to an aromatic ring is 1. The van der Waals surface area contributed by atoms with E-state index in [0.29, 0.717) is 41.4 Å². The molecular weight excluding hydrogens is 991 g/mol. The summed E-state index contributed by atoms with van der Waals surface area (Å²) < 4.78 is 101. The van der Waals surface area contributed by atoms with Crippen molar-refractivity contribution in [2.24, 2.45) is 0 Å². The van der Waals surface area contributed by atoms with E-state index in [9.17, 15) is 4.79 Å².